The zero-order valence-electron chi connectivity index (χ0n) is 23.8. The molecule has 0 bridgehead atoms. The summed E-state index contributed by atoms with van der Waals surface area (Å²) >= 11 is 0. The van der Waals surface area contributed by atoms with Crippen molar-refractivity contribution in [2.24, 2.45) is 5.92 Å². The number of carbonyl (C=O) groups is 2. The number of sulfonamides is 1. The average Bonchev–Trinajstić information content (AvgIpc) is 2.95. The third-order valence-corrected chi connectivity index (χ3v) is 8.32. The van der Waals surface area contributed by atoms with Crippen LogP contribution in [-0.2, 0) is 26.0 Å². The summed E-state index contributed by atoms with van der Waals surface area (Å²) in [5, 5.41) is 2.90. The minimum absolute atomic E-state index is 0.0462. The van der Waals surface area contributed by atoms with Crippen LogP contribution in [-0.4, -0.2) is 57.9 Å². The number of nitrogens with one attached hydrogen (secondary N) is 1. The van der Waals surface area contributed by atoms with Crippen molar-refractivity contribution in [3.63, 3.8) is 0 Å². The number of ether oxygens (including phenoxy) is 1. The monoisotopic (exact) mass is 565 g/mol. The number of amides is 2. The van der Waals surface area contributed by atoms with Gasteiger partial charge in [-0.25, -0.2) is 8.42 Å². The van der Waals surface area contributed by atoms with Gasteiger partial charge in [0.15, 0.2) is 0 Å². The van der Waals surface area contributed by atoms with Gasteiger partial charge in [-0.2, -0.15) is 0 Å². The standard InChI is InChI=1S/C31H39N3O5S/c1-23(2)21-32-31(36)25(4)33(19-18-26-12-8-6-9-13-26)30(35)22-34(28-20-24(3)16-17-29(28)39-5)40(37,38)27-14-10-7-11-15-27/h6-17,20,23,25H,18-19,21-22H2,1-5H3,(H,32,36)/t25-/m0/s1. The minimum atomic E-state index is -4.16. The molecule has 40 heavy (non-hydrogen) atoms. The van der Waals surface area contributed by atoms with Crippen molar-refractivity contribution in [1.82, 2.24) is 10.2 Å². The van der Waals surface area contributed by atoms with Gasteiger partial charge in [0.05, 0.1) is 17.7 Å². The van der Waals surface area contributed by atoms with Crippen molar-refractivity contribution in [2.75, 3.05) is 31.0 Å². The number of nitrogens with zero attached hydrogens (tertiary/aromatic N) is 2. The van der Waals surface area contributed by atoms with Gasteiger partial charge in [-0.1, -0.05) is 68.4 Å². The van der Waals surface area contributed by atoms with Crippen LogP contribution >= 0.6 is 0 Å². The maximum Gasteiger partial charge on any atom is 0.264 e. The predicted octanol–water partition coefficient (Wildman–Crippen LogP) is 4.43. The average molecular weight is 566 g/mol. The van der Waals surface area contributed by atoms with Gasteiger partial charge in [-0.3, -0.25) is 13.9 Å². The Morgan fingerprint density at radius 2 is 1.55 bits per heavy atom. The van der Waals surface area contributed by atoms with Gasteiger partial charge in [-0.15, -0.1) is 0 Å². The molecule has 3 rings (SSSR count). The molecule has 1 N–H and O–H groups in total. The van der Waals surface area contributed by atoms with E-state index in [4.69, 9.17) is 4.74 Å². The number of aryl methyl sites for hydroxylation is 1. The summed E-state index contributed by atoms with van der Waals surface area (Å²) in [7, 11) is -2.71. The summed E-state index contributed by atoms with van der Waals surface area (Å²) in [5.41, 5.74) is 2.06. The van der Waals surface area contributed by atoms with Gasteiger partial charge in [0.2, 0.25) is 11.8 Å². The highest BCUT2D eigenvalue weighted by molar-refractivity contribution is 7.92. The molecular formula is C31H39N3O5S. The number of benzene rings is 3. The van der Waals surface area contributed by atoms with Gasteiger partial charge in [0.1, 0.15) is 18.3 Å². The Morgan fingerprint density at radius 3 is 2.15 bits per heavy atom. The number of methoxy groups -OCH3 is 1. The van der Waals surface area contributed by atoms with E-state index in [-0.39, 0.29) is 29.0 Å². The van der Waals surface area contributed by atoms with Crippen LogP contribution in [0.15, 0.2) is 83.8 Å². The van der Waals surface area contributed by atoms with Crippen LogP contribution < -0.4 is 14.4 Å². The lowest BCUT2D eigenvalue weighted by Crippen LogP contribution is -2.52. The highest BCUT2D eigenvalue weighted by Crippen LogP contribution is 2.33. The minimum Gasteiger partial charge on any atom is -0.495 e. The van der Waals surface area contributed by atoms with Crippen molar-refractivity contribution in [2.45, 2.75) is 45.1 Å². The van der Waals surface area contributed by atoms with Crippen molar-refractivity contribution >= 4 is 27.5 Å². The Morgan fingerprint density at radius 1 is 0.925 bits per heavy atom. The van der Waals surface area contributed by atoms with Gasteiger partial charge < -0.3 is 15.0 Å². The number of anilines is 1. The second kappa shape index (κ2) is 14.0. The van der Waals surface area contributed by atoms with Crippen LogP contribution in [0.1, 0.15) is 31.9 Å². The fourth-order valence-electron chi connectivity index (χ4n) is 4.25. The molecule has 214 valence electrons. The summed E-state index contributed by atoms with van der Waals surface area (Å²) in [6.45, 7) is 7.69. The first kappa shape index (κ1) is 30.7. The maximum atomic E-state index is 14.0. The predicted molar refractivity (Wildman–Crippen MR) is 158 cm³/mol. The van der Waals surface area contributed by atoms with Crippen LogP contribution in [0.5, 0.6) is 5.75 Å². The molecular weight excluding hydrogens is 526 g/mol. The first-order chi connectivity index (χ1) is 19.0. The molecule has 0 spiro atoms. The molecule has 0 aliphatic carbocycles. The fourth-order valence-corrected chi connectivity index (χ4v) is 5.69. The first-order valence-corrected chi connectivity index (χ1v) is 14.8. The molecule has 3 aromatic rings. The molecule has 0 unspecified atom stereocenters. The van der Waals surface area contributed by atoms with Gasteiger partial charge in [-0.05, 0) is 61.6 Å². The molecule has 0 saturated carbocycles. The summed E-state index contributed by atoms with van der Waals surface area (Å²) in [4.78, 5) is 28.6. The van der Waals surface area contributed by atoms with Crippen LogP contribution in [0.4, 0.5) is 5.69 Å². The highest BCUT2D eigenvalue weighted by Gasteiger charge is 2.33. The molecule has 3 aromatic carbocycles. The van der Waals surface area contributed by atoms with E-state index in [0.29, 0.717) is 18.7 Å². The Kier molecular flexibility index (Phi) is 10.7. The lowest BCUT2D eigenvalue weighted by Gasteiger charge is -2.32. The number of carbonyl (C=O) groups excluding carboxylic acids is 2. The zero-order valence-corrected chi connectivity index (χ0v) is 24.6. The number of hydrogen-bond donors (Lipinski definition) is 1. The summed E-state index contributed by atoms with van der Waals surface area (Å²) in [5.74, 6) is -0.228. The fraction of sp³-hybridized carbons (Fsp3) is 0.355. The van der Waals surface area contributed by atoms with Crippen molar-refractivity contribution in [3.05, 3.63) is 90.0 Å². The number of rotatable bonds is 13. The zero-order chi connectivity index (χ0) is 29.3. The van der Waals surface area contributed by atoms with E-state index in [1.54, 1.807) is 37.3 Å². The Balaban J connectivity index is 2.02. The van der Waals surface area contributed by atoms with E-state index in [0.717, 1.165) is 15.4 Å². The molecule has 8 nitrogen and oxygen atoms in total. The highest BCUT2D eigenvalue weighted by atomic mass is 32.2. The van der Waals surface area contributed by atoms with Crippen LogP contribution in [0.2, 0.25) is 0 Å². The third-order valence-electron chi connectivity index (χ3n) is 6.55. The lowest BCUT2D eigenvalue weighted by molar-refractivity contribution is -0.138. The molecule has 2 amide bonds. The van der Waals surface area contributed by atoms with E-state index in [1.165, 1.54) is 24.1 Å². The van der Waals surface area contributed by atoms with E-state index >= 15 is 0 Å². The molecule has 0 saturated heterocycles. The van der Waals surface area contributed by atoms with Crippen LogP contribution in [0.3, 0.4) is 0 Å². The molecule has 1 atom stereocenters. The van der Waals surface area contributed by atoms with Gasteiger partial charge in [0.25, 0.3) is 10.0 Å². The van der Waals surface area contributed by atoms with E-state index in [1.807, 2.05) is 57.2 Å². The van der Waals surface area contributed by atoms with Gasteiger partial charge in [0, 0.05) is 13.1 Å². The van der Waals surface area contributed by atoms with E-state index in [2.05, 4.69) is 5.32 Å². The maximum absolute atomic E-state index is 14.0. The lowest BCUT2D eigenvalue weighted by atomic mass is 10.1. The second-order valence-corrected chi connectivity index (χ2v) is 12.0. The van der Waals surface area contributed by atoms with Crippen LogP contribution in [0, 0.1) is 12.8 Å². The summed E-state index contributed by atoms with van der Waals surface area (Å²) in [6, 6.07) is 22.0. The van der Waals surface area contributed by atoms with E-state index in [9.17, 15) is 18.0 Å². The summed E-state index contributed by atoms with van der Waals surface area (Å²) in [6.07, 6.45) is 0.508. The largest absolute Gasteiger partial charge is 0.495 e. The van der Waals surface area contributed by atoms with Crippen molar-refractivity contribution in [1.29, 1.82) is 0 Å². The smallest absolute Gasteiger partial charge is 0.264 e. The molecule has 0 aliphatic rings. The van der Waals surface area contributed by atoms with Crippen molar-refractivity contribution in [3.8, 4) is 5.75 Å². The van der Waals surface area contributed by atoms with Gasteiger partial charge >= 0.3 is 0 Å². The molecule has 0 heterocycles. The Labute approximate surface area is 238 Å². The number of hydrogen-bond acceptors (Lipinski definition) is 5. The van der Waals surface area contributed by atoms with Crippen LogP contribution in [0.25, 0.3) is 0 Å². The molecule has 0 fully saturated rings. The normalized spacial score (nSPS) is 12.1. The quantitative estimate of drug-likeness (QED) is 0.331. The van der Waals surface area contributed by atoms with Crippen molar-refractivity contribution < 1.29 is 22.7 Å². The molecule has 9 heteroatoms. The first-order valence-electron chi connectivity index (χ1n) is 13.4. The topological polar surface area (TPSA) is 96.0 Å². The van der Waals surface area contributed by atoms with E-state index < -0.39 is 28.5 Å². The third kappa shape index (κ3) is 7.85. The Bertz CT molecular complexity index is 1380. The molecule has 0 aromatic heterocycles. The molecule has 0 radical (unpaired) electrons. The Hall–Kier alpha value is -3.85. The molecule has 0 aliphatic heterocycles. The summed E-state index contributed by atoms with van der Waals surface area (Å²) < 4.78 is 34.5. The SMILES string of the molecule is COc1ccc(C)cc1N(CC(=O)N(CCc1ccccc1)[C@@H](C)C(=O)NCC(C)C)S(=O)(=O)c1ccccc1. The second-order valence-electron chi connectivity index (χ2n) is 10.1.